The highest BCUT2D eigenvalue weighted by molar-refractivity contribution is 6.10. The molecule has 0 radical (unpaired) electrons. The van der Waals surface area contributed by atoms with Crippen LogP contribution in [0.15, 0.2) is 72.0 Å². The third-order valence-electron chi connectivity index (χ3n) is 4.49. The third kappa shape index (κ3) is 6.50. The highest BCUT2D eigenvalue weighted by Gasteiger charge is 2.12. The molecule has 3 N–H and O–H groups in total. The fourth-order valence-corrected chi connectivity index (χ4v) is 2.89. The molecule has 7 nitrogen and oxygen atoms in total. The molecule has 0 fully saturated rings. The summed E-state index contributed by atoms with van der Waals surface area (Å²) in [6.07, 6.45) is 3.41. The molecule has 0 aliphatic rings. The van der Waals surface area contributed by atoms with Gasteiger partial charge in [0.15, 0.2) is 0 Å². The number of nitrogens with one attached hydrogen (secondary N) is 3. The summed E-state index contributed by atoms with van der Waals surface area (Å²) in [5, 5.41) is 8.77. The maximum Gasteiger partial charge on any atom is 0.258 e. The molecule has 0 saturated heterocycles. The zero-order valence-electron chi connectivity index (χ0n) is 17.8. The molecule has 2 aromatic carbocycles. The van der Waals surface area contributed by atoms with Crippen LogP contribution in [0.5, 0.6) is 0 Å². The van der Waals surface area contributed by atoms with Crippen LogP contribution < -0.4 is 16.0 Å². The smallest absolute Gasteiger partial charge is 0.258 e. The Morgan fingerprint density at radius 3 is 2.48 bits per heavy atom. The predicted molar refractivity (Wildman–Crippen MR) is 123 cm³/mol. The molecule has 1 aromatic heterocycles. The lowest BCUT2D eigenvalue weighted by molar-refractivity contribution is -0.114. The Hall–Kier alpha value is -4.00. The quantitative estimate of drug-likeness (QED) is 0.433. The van der Waals surface area contributed by atoms with Crippen molar-refractivity contribution in [1.82, 2.24) is 10.3 Å². The van der Waals surface area contributed by atoms with Crippen molar-refractivity contribution in [2.24, 2.45) is 4.99 Å². The van der Waals surface area contributed by atoms with Gasteiger partial charge in [0.1, 0.15) is 0 Å². The van der Waals surface area contributed by atoms with Gasteiger partial charge in [-0.2, -0.15) is 0 Å². The molecular weight excluding hydrogens is 390 g/mol. The lowest BCUT2D eigenvalue weighted by Crippen LogP contribution is -2.36. The Bertz CT molecular complexity index is 1110. The second kappa shape index (κ2) is 10.2. The maximum atomic E-state index is 12.9. The normalized spacial score (nSPS) is 11.0. The molecule has 158 valence electrons. The van der Waals surface area contributed by atoms with E-state index in [1.807, 2.05) is 44.2 Å². The number of aliphatic imine (C=N–C) groups is 1. The van der Waals surface area contributed by atoms with E-state index in [4.69, 9.17) is 0 Å². The van der Waals surface area contributed by atoms with E-state index in [2.05, 4.69) is 25.9 Å². The number of carbonyl (C=O) groups excluding carboxylic acids is 2. The monoisotopic (exact) mass is 415 g/mol. The van der Waals surface area contributed by atoms with Crippen LogP contribution in [-0.4, -0.2) is 22.8 Å². The number of nitrogens with zero attached hydrogens (tertiary/aromatic N) is 2. The Morgan fingerprint density at radius 1 is 0.968 bits per heavy atom. The number of pyridine rings is 1. The number of guanidine groups is 1. The van der Waals surface area contributed by atoms with Crippen LogP contribution in [0, 0.1) is 13.8 Å². The van der Waals surface area contributed by atoms with Crippen LogP contribution in [0.2, 0.25) is 0 Å². The molecule has 3 aromatic rings. The summed E-state index contributed by atoms with van der Waals surface area (Å²) in [5.74, 6) is -0.201. The van der Waals surface area contributed by atoms with Crippen molar-refractivity contribution in [1.29, 1.82) is 0 Å². The third-order valence-corrected chi connectivity index (χ3v) is 4.49. The van der Waals surface area contributed by atoms with Gasteiger partial charge in [-0.15, -0.1) is 0 Å². The summed E-state index contributed by atoms with van der Waals surface area (Å²) < 4.78 is 0. The van der Waals surface area contributed by atoms with Gasteiger partial charge < -0.3 is 10.6 Å². The molecule has 0 unspecified atom stereocenters. The zero-order chi connectivity index (χ0) is 22.2. The summed E-state index contributed by atoms with van der Waals surface area (Å²) in [5.41, 5.74) is 4.92. The fourth-order valence-electron chi connectivity index (χ4n) is 2.89. The van der Waals surface area contributed by atoms with Crippen LogP contribution >= 0.6 is 0 Å². The Labute approximate surface area is 181 Å². The average Bonchev–Trinajstić information content (AvgIpc) is 2.75. The van der Waals surface area contributed by atoms with Crippen molar-refractivity contribution in [3.8, 4) is 0 Å². The molecule has 0 aliphatic heterocycles. The fraction of sp³-hybridized carbons (Fsp3) is 0.167. The molecule has 7 heteroatoms. The van der Waals surface area contributed by atoms with Gasteiger partial charge in [0, 0.05) is 36.3 Å². The first-order valence-electron chi connectivity index (χ1n) is 9.87. The number of carbonyl (C=O) groups is 2. The van der Waals surface area contributed by atoms with Crippen molar-refractivity contribution in [3.05, 3.63) is 89.2 Å². The summed E-state index contributed by atoms with van der Waals surface area (Å²) >= 11 is 0. The first-order chi connectivity index (χ1) is 14.9. The SMILES string of the molecule is CC(=O)Nc1cccc(C(=O)NC(=NCc2ccncc2)Nc2cc(C)ccc2C)c1. The zero-order valence-corrected chi connectivity index (χ0v) is 17.8. The molecule has 1 heterocycles. The topological polar surface area (TPSA) is 95.5 Å². The second-order valence-electron chi connectivity index (χ2n) is 7.18. The van der Waals surface area contributed by atoms with E-state index in [-0.39, 0.29) is 11.8 Å². The van der Waals surface area contributed by atoms with E-state index >= 15 is 0 Å². The van der Waals surface area contributed by atoms with Crippen LogP contribution in [-0.2, 0) is 11.3 Å². The molecule has 0 atom stereocenters. The largest absolute Gasteiger partial charge is 0.326 e. The van der Waals surface area contributed by atoms with E-state index in [1.165, 1.54) is 6.92 Å². The number of aromatic nitrogens is 1. The van der Waals surface area contributed by atoms with Crippen LogP contribution in [0.1, 0.15) is 34.0 Å². The van der Waals surface area contributed by atoms with E-state index < -0.39 is 0 Å². The number of rotatable bonds is 5. The van der Waals surface area contributed by atoms with Gasteiger partial charge in [0.2, 0.25) is 11.9 Å². The van der Waals surface area contributed by atoms with Crippen LogP contribution in [0.3, 0.4) is 0 Å². The minimum absolute atomic E-state index is 0.200. The summed E-state index contributed by atoms with van der Waals surface area (Å²) in [4.78, 5) is 32.8. The number of aryl methyl sites for hydroxylation is 2. The minimum Gasteiger partial charge on any atom is -0.326 e. The highest BCUT2D eigenvalue weighted by atomic mass is 16.2. The number of hydrogen-bond donors (Lipinski definition) is 3. The summed E-state index contributed by atoms with van der Waals surface area (Å²) in [6.45, 7) is 5.79. The van der Waals surface area contributed by atoms with Gasteiger partial charge in [-0.1, -0.05) is 18.2 Å². The van der Waals surface area contributed by atoms with Crippen LogP contribution in [0.4, 0.5) is 11.4 Å². The first-order valence-corrected chi connectivity index (χ1v) is 9.87. The summed E-state index contributed by atoms with van der Waals surface area (Å²) in [7, 11) is 0. The maximum absolute atomic E-state index is 12.9. The average molecular weight is 415 g/mol. The van der Waals surface area contributed by atoms with Crippen molar-refractivity contribution in [2.75, 3.05) is 10.6 Å². The van der Waals surface area contributed by atoms with Crippen molar-refractivity contribution in [2.45, 2.75) is 27.3 Å². The molecule has 31 heavy (non-hydrogen) atoms. The van der Waals surface area contributed by atoms with Gasteiger partial charge in [0.25, 0.3) is 5.91 Å². The molecular formula is C24H25N5O2. The van der Waals surface area contributed by atoms with Gasteiger partial charge in [-0.25, -0.2) is 4.99 Å². The van der Waals surface area contributed by atoms with Gasteiger partial charge >= 0.3 is 0 Å². The van der Waals surface area contributed by atoms with Gasteiger partial charge in [-0.3, -0.25) is 19.9 Å². The molecule has 0 aliphatic carbocycles. The Morgan fingerprint density at radius 2 is 1.74 bits per heavy atom. The lowest BCUT2D eigenvalue weighted by atomic mass is 10.1. The van der Waals surface area contributed by atoms with Crippen molar-refractivity contribution < 1.29 is 9.59 Å². The second-order valence-corrected chi connectivity index (χ2v) is 7.18. The summed E-state index contributed by atoms with van der Waals surface area (Å²) in [6, 6.07) is 16.5. The predicted octanol–water partition coefficient (Wildman–Crippen LogP) is 4.05. The standard InChI is InChI=1S/C24H25N5O2/c1-16-7-8-17(2)22(13-16)28-24(26-15-19-9-11-25-12-10-19)29-23(31)20-5-4-6-21(14-20)27-18(3)30/h4-14H,15H2,1-3H3,(H,27,30)(H2,26,28,29,31). The Balaban J connectivity index is 1.84. The molecule has 2 amide bonds. The van der Waals surface area contributed by atoms with E-state index in [0.717, 1.165) is 22.4 Å². The molecule has 0 spiro atoms. The van der Waals surface area contributed by atoms with Crippen molar-refractivity contribution >= 4 is 29.1 Å². The number of hydrogen-bond acceptors (Lipinski definition) is 4. The van der Waals surface area contributed by atoms with E-state index in [0.29, 0.717) is 23.8 Å². The lowest BCUT2D eigenvalue weighted by Gasteiger charge is -2.15. The minimum atomic E-state index is -0.335. The molecule has 0 bridgehead atoms. The number of benzene rings is 2. The number of amides is 2. The van der Waals surface area contributed by atoms with Gasteiger partial charge in [0.05, 0.1) is 6.54 Å². The van der Waals surface area contributed by atoms with E-state index in [9.17, 15) is 9.59 Å². The van der Waals surface area contributed by atoms with Crippen molar-refractivity contribution in [3.63, 3.8) is 0 Å². The van der Waals surface area contributed by atoms with Crippen LogP contribution in [0.25, 0.3) is 0 Å². The molecule has 3 rings (SSSR count). The first kappa shape index (κ1) is 21.7. The highest BCUT2D eigenvalue weighted by Crippen LogP contribution is 2.17. The number of anilines is 2. The molecule has 0 saturated carbocycles. The van der Waals surface area contributed by atoms with Gasteiger partial charge in [-0.05, 0) is 66.9 Å². The Kier molecular flexibility index (Phi) is 7.11. The van der Waals surface area contributed by atoms with E-state index in [1.54, 1.807) is 36.7 Å².